The molecule has 0 aromatic heterocycles. The average molecular weight is 542 g/mol. The highest BCUT2D eigenvalue weighted by molar-refractivity contribution is 6.21. The number of alkyl halides is 3. The van der Waals surface area contributed by atoms with Crippen molar-refractivity contribution in [3.63, 3.8) is 0 Å². The van der Waals surface area contributed by atoms with Crippen LogP contribution in [-0.4, -0.2) is 0 Å². The van der Waals surface area contributed by atoms with Crippen LogP contribution in [0.15, 0.2) is 54.6 Å². The molecule has 0 N–H and O–H groups in total. The third-order valence-electron chi connectivity index (χ3n) is 6.09. The first-order chi connectivity index (χ1) is 17.9. The van der Waals surface area contributed by atoms with Crippen LogP contribution in [0.2, 0.25) is 0 Å². The maximum absolute atomic E-state index is 15.3. The second-order valence-corrected chi connectivity index (χ2v) is 8.17. The molecular weight excluding hydrogens is 533 g/mol. The fourth-order valence-electron chi connectivity index (χ4n) is 4.55. The van der Waals surface area contributed by atoms with Crippen molar-refractivity contribution in [2.75, 3.05) is 0 Å². The third kappa shape index (κ3) is 3.52. The Hall–Kier alpha value is -4.15. The summed E-state index contributed by atoms with van der Waals surface area (Å²) in [5.74, 6) is -19.8. The highest BCUT2D eigenvalue weighted by atomic mass is 19.4. The Morgan fingerprint density at radius 3 is 1.29 bits per heavy atom. The first-order valence-corrected chi connectivity index (χ1v) is 10.6. The van der Waals surface area contributed by atoms with Gasteiger partial charge in [0.2, 0.25) is 0 Å². The summed E-state index contributed by atoms with van der Waals surface area (Å²) in [7, 11) is 0. The van der Waals surface area contributed by atoms with Crippen molar-refractivity contribution < 1.29 is 48.3 Å². The number of hydrogen-bond donors (Lipinski definition) is 0. The van der Waals surface area contributed by atoms with Crippen molar-refractivity contribution in [2.45, 2.75) is 6.18 Å². The largest absolute Gasteiger partial charge is 0.422 e. The van der Waals surface area contributed by atoms with E-state index in [4.69, 9.17) is 0 Å². The minimum absolute atomic E-state index is 0.107. The van der Waals surface area contributed by atoms with E-state index in [0.717, 1.165) is 6.07 Å². The van der Waals surface area contributed by atoms with E-state index in [2.05, 4.69) is 0 Å². The monoisotopic (exact) mass is 542 g/mol. The van der Waals surface area contributed by atoms with E-state index in [1.54, 1.807) is 0 Å². The molecule has 5 aromatic carbocycles. The smallest absolute Gasteiger partial charge is 0.203 e. The zero-order chi connectivity index (χ0) is 27.7. The van der Waals surface area contributed by atoms with E-state index < -0.39 is 85.6 Å². The number of hydrogen-bond acceptors (Lipinski definition) is 0. The maximum atomic E-state index is 15.3. The summed E-state index contributed by atoms with van der Waals surface area (Å²) in [6.45, 7) is 0. The SMILES string of the molecule is Fc1c(F)c(C(F)(F)F)c(F)c(F)c1-c1c2ccccc2c(-c2ccccc2)c2c(F)c(F)c(F)c(F)c12. The van der Waals surface area contributed by atoms with Gasteiger partial charge in [0, 0.05) is 21.9 Å². The Balaban J connectivity index is 2.13. The van der Waals surface area contributed by atoms with Gasteiger partial charge < -0.3 is 0 Å². The van der Waals surface area contributed by atoms with Crippen molar-refractivity contribution >= 4 is 21.5 Å². The molecule has 0 unspecified atom stereocenters. The molecule has 0 fully saturated rings. The van der Waals surface area contributed by atoms with E-state index in [0.29, 0.717) is 0 Å². The van der Waals surface area contributed by atoms with Gasteiger partial charge in [0.15, 0.2) is 46.5 Å². The standard InChI is InChI=1S/C27H9F11/c28-19-15-13(10-6-2-1-3-7-10)11-8-4-5-9-12(11)14(16(15)20(29)26(35)25(19)34)17-21(30)23(32)18(27(36,37)38)24(33)22(17)31/h1-9H. The Morgan fingerprint density at radius 1 is 0.395 bits per heavy atom. The van der Waals surface area contributed by atoms with Crippen LogP contribution in [0, 0.1) is 46.5 Å². The van der Waals surface area contributed by atoms with Gasteiger partial charge in [-0.1, -0.05) is 54.6 Å². The van der Waals surface area contributed by atoms with Crippen LogP contribution in [0.3, 0.4) is 0 Å². The highest BCUT2D eigenvalue weighted by Crippen LogP contribution is 2.49. The van der Waals surface area contributed by atoms with Gasteiger partial charge in [0.1, 0.15) is 5.56 Å². The van der Waals surface area contributed by atoms with Crippen LogP contribution in [0.25, 0.3) is 43.8 Å². The average Bonchev–Trinajstić information content (AvgIpc) is 2.89. The summed E-state index contributed by atoms with van der Waals surface area (Å²) in [5, 5.41) is -3.00. The minimum atomic E-state index is -5.87. The maximum Gasteiger partial charge on any atom is 0.422 e. The van der Waals surface area contributed by atoms with Crippen molar-refractivity contribution in [3.8, 4) is 22.3 Å². The molecular formula is C27H9F11. The fraction of sp³-hybridized carbons (Fsp3) is 0.0370. The molecule has 11 heteroatoms. The lowest BCUT2D eigenvalue weighted by Crippen LogP contribution is -2.16. The third-order valence-corrected chi connectivity index (χ3v) is 6.09. The van der Waals surface area contributed by atoms with Gasteiger partial charge in [0.25, 0.3) is 0 Å². The minimum Gasteiger partial charge on any atom is -0.203 e. The van der Waals surface area contributed by atoms with E-state index >= 15 is 17.6 Å². The van der Waals surface area contributed by atoms with Crippen molar-refractivity contribution in [2.24, 2.45) is 0 Å². The molecule has 0 bridgehead atoms. The van der Waals surface area contributed by atoms with E-state index in [1.807, 2.05) is 0 Å². The lowest BCUT2D eigenvalue weighted by Gasteiger charge is -2.21. The second-order valence-electron chi connectivity index (χ2n) is 8.17. The molecule has 0 atom stereocenters. The summed E-state index contributed by atoms with van der Waals surface area (Å²) >= 11 is 0. The van der Waals surface area contributed by atoms with Gasteiger partial charge in [-0.25, -0.2) is 35.1 Å². The molecule has 38 heavy (non-hydrogen) atoms. The van der Waals surface area contributed by atoms with Crippen LogP contribution in [0.5, 0.6) is 0 Å². The van der Waals surface area contributed by atoms with Gasteiger partial charge in [-0.15, -0.1) is 0 Å². The normalized spacial score (nSPS) is 12.1. The van der Waals surface area contributed by atoms with Crippen LogP contribution in [-0.2, 0) is 6.18 Å². The summed E-state index contributed by atoms with van der Waals surface area (Å²) < 4.78 is 158. The Labute approximate surface area is 205 Å². The number of fused-ring (bicyclic) bond motifs is 2. The van der Waals surface area contributed by atoms with E-state index in [9.17, 15) is 30.7 Å². The second kappa shape index (κ2) is 8.71. The molecule has 0 saturated heterocycles. The highest BCUT2D eigenvalue weighted by Gasteiger charge is 2.43. The van der Waals surface area contributed by atoms with Gasteiger partial charge in [-0.2, -0.15) is 13.2 Å². The van der Waals surface area contributed by atoms with Crippen LogP contribution in [0.4, 0.5) is 48.3 Å². The predicted octanol–water partition coefficient (Wildman–Crippen LogP) is 9.46. The first kappa shape index (κ1) is 25.5. The summed E-state index contributed by atoms with van der Waals surface area (Å²) in [6.07, 6.45) is -5.87. The van der Waals surface area contributed by atoms with Crippen molar-refractivity contribution in [3.05, 3.63) is 107 Å². The molecule has 5 aromatic rings. The molecule has 0 nitrogen and oxygen atoms in total. The van der Waals surface area contributed by atoms with Crippen LogP contribution < -0.4 is 0 Å². The Kier molecular flexibility index (Phi) is 5.85. The van der Waals surface area contributed by atoms with E-state index in [1.165, 1.54) is 48.5 Å². The van der Waals surface area contributed by atoms with Gasteiger partial charge >= 0.3 is 6.18 Å². The topological polar surface area (TPSA) is 0 Å². The Bertz CT molecular complexity index is 1740. The molecule has 0 aliphatic heterocycles. The predicted molar refractivity (Wildman–Crippen MR) is 117 cm³/mol. The fourth-order valence-corrected chi connectivity index (χ4v) is 4.55. The van der Waals surface area contributed by atoms with Gasteiger partial charge in [-0.3, -0.25) is 0 Å². The number of benzene rings is 5. The number of rotatable bonds is 2. The zero-order valence-electron chi connectivity index (χ0n) is 18.4. The molecule has 0 saturated carbocycles. The van der Waals surface area contributed by atoms with E-state index in [-0.39, 0.29) is 16.5 Å². The molecule has 194 valence electrons. The molecule has 0 aliphatic rings. The molecule has 0 spiro atoms. The quantitative estimate of drug-likeness (QED) is 0.0903. The van der Waals surface area contributed by atoms with Gasteiger partial charge in [0.05, 0.1) is 5.56 Å². The molecule has 0 aliphatic carbocycles. The van der Waals surface area contributed by atoms with Gasteiger partial charge in [-0.05, 0) is 16.3 Å². The summed E-state index contributed by atoms with van der Waals surface area (Å²) in [4.78, 5) is 0. The Morgan fingerprint density at radius 2 is 0.816 bits per heavy atom. The van der Waals surface area contributed by atoms with Crippen molar-refractivity contribution in [1.82, 2.24) is 0 Å². The molecule has 5 rings (SSSR count). The van der Waals surface area contributed by atoms with Crippen molar-refractivity contribution in [1.29, 1.82) is 0 Å². The summed E-state index contributed by atoms with van der Waals surface area (Å²) in [6, 6.07) is 12.0. The number of halogens is 11. The lowest BCUT2D eigenvalue weighted by molar-refractivity contribution is -0.143. The summed E-state index contributed by atoms with van der Waals surface area (Å²) in [5.41, 5.74) is -6.14. The molecule has 0 amide bonds. The first-order valence-electron chi connectivity index (χ1n) is 10.6. The van der Waals surface area contributed by atoms with Crippen LogP contribution >= 0.6 is 0 Å². The lowest BCUT2D eigenvalue weighted by atomic mass is 9.84. The molecule has 0 radical (unpaired) electrons. The molecule has 0 heterocycles. The van der Waals surface area contributed by atoms with Crippen LogP contribution in [0.1, 0.15) is 5.56 Å². The zero-order valence-corrected chi connectivity index (χ0v) is 18.4.